The first-order chi connectivity index (χ1) is 7.59. The van der Waals surface area contributed by atoms with Crippen LogP contribution in [0.15, 0.2) is 12.1 Å². The Hall–Kier alpha value is -1.16. The van der Waals surface area contributed by atoms with Gasteiger partial charge in [-0.05, 0) is 24.5 Å². The van der Waals surface area contributed by atoms with Crippen molar-refractivity contribution in [3.8, 4) is 5.75 Å². The van der Waals surface area contributed by atoms with Gasteiger partial charge in [0.2, 0.25) is 0 Å². The van der Waals surface area contributed by atoms with Gasteiger partial charge in [-0.2, -0.15) is 0 Å². The topological polar surface area (TPSA) is 46.2 Å². The number of phenolic OH excluding ortho intramolecular Hbond substituents is 1. The molecule has 1 aromatic carbocycles. The highest BCUT2D eigenvalue weighted by Gasteiger charge is 2.37. The quantitative estimate of drug-likeness (QED) is 0.815. The zero-order chi connectivity index (χ0) is 11.8. The van der Waals surface area contributed by atoms with Gasteiger partial charge in [0.05, 0.1) is 0 Å². The number of hydrogen-bond acceptors (Lipinski definition) is 2. The van der Waals surface area contributed by atoms with E-state index in [1.54, 1.807) is 0 Å². The fourth-order valence-corrected chi connectivity index (χ4v) is 2.58. The van der Waals surface area contributed by atoms with Crippen LogP contribution >= 0.6 is 0 Å². The summed E-state index contributed by atoms with van der Waals surface area (Å²) in [5.41, 5.74) is 5.57. The van der Waals surface area contributed by atoms with Crippen LogP contribution in [-0.4, -0.2) is 11.7 Å². The van der Waals surface area contributed by atoms with Crippen LogP contribution in [0.5, 0.6) is 5.75 Å². The summed E-state index contributed by atoms with van der Waals surface area (Å²) in [7, 11) is 0. The lowest BCUT2D eigenvalue weighted by Crippen LogP contribution is -2.33. The second-order valence-corrected chi connectivity index (χ2v) is 4.48. The van der Waals surface area contributed by atoms with E-state index in [1.807, 2.05) is 0 Å². The van der Waals surface area contributed by atoms with E-state index in [9.17, 15) is 8.78 Å². The molecule has 1 saturated carbocycles. The van der Waals surface area contributed by atoms with Crippen LogP contribution in [0.4, 0.5) is 8.78 Å². The zero-order valence-corrected chi connectivity index (χ0v) is 8.97. The Labute approximate surface area is 93.1 Å². The number of hydrogen-bond donors (Lipinski definition) is 2. The standard InChI is InChI=1S/C12H15F2NO/c13-9-6-11(16)10(14)5-8(9)12(7-15)3-1-2-4-12/h5-6,16H,1-4,7,15H2. The highest BCUT2D eigenvalue weighted by Crippen LogP contribution is 2.42. The maximum atomic E-state index is 13.7. The summed E-state index contributed by atoms with van der Waals surface area (Å²) < 4.78 is 27.0. The molecule has 16 heavy (non-hydrogen) atoms. The van der Waals surface area contributed by atoms with Gasteiger partial charge in [0.25, 0.3) is 0 Å². The third-order valence-electron chi connectivity index (χ3n) is 3.56. The van der Waals surface area contributed by atoms with Gasteiger partial charge in [-0.15, -0.1) is 0 Å². The summed E-state index contributed by atoms with van der Waals surface area (Å²) in [5.74, 6) is -1.99. The summed E-state index contributed by atoms with van der Waals surface area (Å²) in [6.45, 7) is 0.314. The minimum atomic E-state index is -0.781. The van der Waals surface area contributed by atoms with Crippen molar-refractivity contribution < 1.29 is 13.9 Å². The maximum absolute atomic E-state index is 13.7. The van der Waals surface area contributed by atoms with E-state index in [0.717, 1.165) is 37.8 Å². The Kier molecular flexibility index (Phi) is 2.84. The minimum absolute atomic E-state index is 0.308. The zero-order valence-electron chi connectivity index (χ0n) is 8.97. The SMILES string of the molecule is NCC1(c2cc(F)c(O)cc2F)CCCC1. The number of nitrogens with two attached hydrogens (primary N) is 1. The molecule has 2 rings (SSSR count). The molecule has 0 aromatic heterocycles. The number of phenols is 1. The summed E-state index contributed by atoms with van der Waals surface area (Å²) in [6, 6.07) is 1.92. The van der Waals surface area contributed by atoms with Crippen LogP contribution in [0, 0.1) is 11.6 Å². The third kappa shape index (κ3) is 1.67. The summed E-state index contributed by atoms with van der Waals surface area (Å²) in [6.07, 6.45) is 3.54. The van der Waals surface area contributed by atoms with E-state index in [1.165, 1.54) is 0 Å². The van der Waals surface area contributed by atoms with E-state index in [2.05, 4.69) is 0 Å². The van der Waals surface area contributed by atoms with Crippen LogP contribution in [0.3, 0.4) is 0 Å². The summed E-state index contributed by atoms with van der Waals surface area (Å²) in [5, 5.41) is 9.08. The lowest BCUT2D eigenvalue weighted by molar-refractivity contribution is 0.400. The molecule has 0 spiro atoms. The number of benzene rings is 1. The largest absolute Gasteiger partial charge is 0.505 e. The van der Waals surface area contributed by atoms with Crippen LogP contribution in [-0.2, 0) is 5.41 Å². The highest BCUT2D eigenvalue weighted by atomic mass is 19.1. The Morgan fingerprint density at radius 2 is 1.81 bits per heavy atom. The summed E-state index contributed by atoms with van der Waals surface area (Å²) in [4.78, 5) is 0. The first-order valence-corrected chi connectivity index (χ1v) is 5.48. The Balaban J connectivity index is 2.50. The maximum Gasteiger partial charge on any atom is 0.165 e. The normalized spacial score (nSPS) is 18.9. The smallest absolute Gasteiger partial charge is 0.165 e. The van der Waals surface area contributed by atoms with Crippen molar-refractivity contribution in [3.05, 3.63) is 29.3 Å². The van der Waals surface area contributed by atoms with E-state index in [-0.39, 0.29) is 0 Å². The van der Waals surface area contributed by atoms with Gasteiger partial charge in [0.1, 0.15) is 5.82 Å². The second-order valence-electron chi connectivity index (χ2n) is 4.48. The minimum Gasteiger partial charge on any atom is -0.505 e. The van der Waals surface area contributed by atoms with Crippen LogP contribution in [0.2, 0.25) is 0 Å². The Bertz CT molecular complexity index is 400. The molecule has 0 aliphatic heterocycles. The van der Waals surface area contributed by atoms with Gasteiger partial charge in [0.15, 0.2) is 11.6 Å². The van der Waals surface area contributed by atoms with Crippen LogP contribution in [0.25, 0.3) is 0 Å². The van der Waals surface area contributed by atoms with Crippen LogP contribution < -0.4 is 5.73 Å². The molecule has 3 N–H and O–H groups in total. The molecule has 0 unspecified atom stereocenters. The lowest BCUT2D eigenvalue weighted by Gasteiger charge is -2.28. The number of halogens is 2. The average Bonchev–Trinajstić information content (AvgIpc) is 2.73. The molecule has 1 aliphatic rings. The van der Waals surface area contributed by atoms with Gasteiger partial charge < -0.3 is 10.8 Å². The van der Waals surface area contributed by atoms with Crippen molar-refractivity contribution in [2.75, 3.05) is 6.54 Å². The molecule has 0 bridgehead atoms. The molecule has 0 atom stereocenters. The predicted molar refractivity (Wildman–Crippen MR) is 57.2 cm³/mol. The Morgan fingerprint density at radius 3 is 2.38 bits per heavy atom. The summed E-state index contributed by atoms with van der Waals surface area (Å²) >= 11 is 0. The van der Waals surface area contributed by atoms with Gasteiger partial charge in [-0.25, -0.2) is 8.78 Å². The monoisotopic (exact) mass is 227 g/mol. The molecule has 2 nitrogen and oxygen atoms in total. The first kappa shape index (κ1) is 11.3. The van der Waals surface area contributed by atoms with E-state index in [4.69, 9.17) is 10.8 Å². The van der Waals surface area contributed by atoms with Crippen molar-refractivity contribution in [2.45, 2.75) is 31.1 Å². The molecule has 1 aromatic rings. The van der Waals surface area contributed by atoms with Crippen LogP contribution in [0.1, 0.15) is 31.2 Å². The van der Waals surface area contributed by atoms with E-state index in [0.29, 0.717) is 12.1 Å². The molecule has 0 heterocycles. The van der Waals surface area contributed by atoms with Gasteiger partial charge >= 0.3 is 0 Å². The fourth-order valence-electron chi connectivity index (χ4n) is 2.58. The number of rotatable bonds is 2. The Morgan fingerprint density at radius 1 is 1.19 bits per heavy atom. The van der Waals surface area contributed by atoms with Crippen molar-refractivity contribution >= 4 is 0 Å². The molecule has 0 saturated heterocycles. The van der Waals surface area contributed by atoms with Crippen molar-refractivity contribution in [1.82, 2.24) is 0 Å². The second kappa shape index (κ2) is 4.01. The third-order valence-corrected chi connectivity index (χ3v) is 3.56. The lowest BCUT2D eigenvalue weighted by atomic mass is 9.78. The molecular formula is C12H15F2NO. The number of aromatic hydroxyl groups is 1. The van der Waals surface area contributed by atoms with Crippen molar-refractivity contribution in [1.29, 1.82) is 0 Å². The fraction of sp³-hybridized carbons (Fsp3) is 0.500. The van der Waals surface area contributed by atoms with Gasteiger partial charge in [-0.3, -0.25) is 0 Å². The molecule has 0 radical (unpaired) electrons. The average molecular weight is 227 g/mol. The van der Waals surface area contributed by atoms with Gasteiger partial charge in [-0.1, -0.05) is 12.8 Å². The van der Waals surface area contributed by atoms with Crippen molar-refractivity contribution in [3.63, 3.8) is 0 Å². The highest BCUT2D eigenvalue weighted by molar-refractivity contribution is 5.35. The molecule has 1 fully saturated rings. The first-order valence-electron chi connectivity index (χ1n) is 5.48. The molecular weight excluding hydrogens is 212 g/mol. The molecule has 1 aliphatic carbocycles. The van der Waals surface area contributed by atoms with Crippen molar-refractivity contribution in [2.24, 2.45) is 5.73 Å². The molecule has 88 valence electrons. The van der Waals surface area contributed by atoms with E-state index < -0.39 is 22.8 Å². The predicted octanol–water partition coefficient (Wildman–Crippen LogP) is 2.44. The molecule has 0 amide bonds. The molecule has 4 heteroatoms. The van der Waals surface area contributed by atoms with E-state index >= 15 is 0 Å². The van der Waals surface area contributed by atoms with Gasteiger partial charge in [0, 0.05) is 18.0 Å².